The molecule has 1 aromatic carbocycles. The second kappa shape index (κ2) is 8.29. The lowest BCUT2D eigenvalue weighted by Gasteiger charge is -2.13. The molecule has 1 aromatic rings. The van der Waals surface area contributed by atoms with Crippen LogP contribution in [0.4, 0.5) is 0 Å². The number of carbonyl (C=O) groups excluding carboxylic acids is 3. The molecule has 0 aromatic heterocycles. The van der Waals surface area contributed by atoms with Crippen molar-refractivity contribution in [1.82, 2.24) is 10.6 Å². The van der Waals surface area contributed by atoms with Gasteiger partial charge < -0.3 is 15.4 Å². The van der Waals surface area contributed by atoms with Crippen LogP contribution in [-0.4, -0.2) is 30.9 Å². The van der Waals surface area contributed by atoms with E-state index in [1.54, 1.807) is 24.3 Å². The van der Waals surface area contributed by atoms with Gasteiger partial charge in [-0.05, 0) is 43.0 Å². The molecule has 0 heterocycles. The van der Waals surface area contributed by atoms with Crippen LogP contribution in [0.1, 0.15) is 35.2 Å². The summed E-state index contributed by atoms with van der Waals surface area (Å²) >= 11 is 0. The summed E-state index contributed by atoms with van der Waals surface area (Å²) in [5.74, 6) is -0.737. The first-order valence-electron chi connectivity index (χ1n) is 7.91. The Balaban J connectivity index is 1.85. The molecule has 0 aliphatic heterocycles. The summed E-state index contributed by atoms with van der Waals surface area (Å²) in [7, 11) is 1.38. The molecule has 0 bridgehead atoms. The van der Waals surface area contributed by atoms with Gasteiger partial charge in [-0.25, -0.2) is 0 Å². The van der Waals surface area contributed by atoms with Crippen molar-refractivity contribution in [2.45, 2.75) is 31.8 Å². The highest BCUT2D eigenvalue weighted by Crippen LogP contribution is 2.26. The Hall–Kier alpha value is -2.63. The molecule has 6 nitrogen and oxygen atoms in total. The van der Waals surface area contributed by atoms with Crippen LogP contribution < -0.4 is 10.6 Å². The largest absolute Gasteiger partial charge is 0.469 e. The lowest BCUT2D eigenvalue weighted by Crippen LogP contribution is -2.33. The van der Waals surface area contributed by atoms with Crippen molar-refractivity contribution in [3.8, 4) is 0 Å². The van der Waals surface area contributed by atoms with Gasteiger partial charge in [0.25, 0.3) is 5.91 Å². The van der Waals surface area contributed by atoms with Crippen molar-refractivity contribution in [2.24, 2.45) is 5.92 Å². The van der Waals surface area contributed by atoms with Crippen molar-refractivity contribution < 1.29 is 19.1 Å². The van der Waals surface area contributed by atoms with Crippen LogP contribution >= 0.6 is 0 Å². The molecule has 0 unspecified atom stereocenters. The molecule has 2 N–H and O–H groups in total. The Morgan fingerprint density at radius 2 is 1.96 bits per heavy atom. The fourth-order valence-electron chi connectivity index (χ4n) is 2.80. The number of benzene rings is 1. The van der Waals surface area contributed by atoms with Gasteiger partial charge in [0.15, 0.2) is 0 Å². The maximum absolute atomic E-state index is 12.3. The third kappa shape index (κ3) is 4.68. The number of rotatable bonds is 6. The van der Waals surface area contributed by atoms with Gasteiger partial charge >= 0.3 is 5.97 Å². The standard InChI is InChI=1S/C18H22N2O4/c1-3-16(21)19-11-12-4-6-13(7-5-12)17(22)20-15-9-8-14(10-15)18(23)24-2/h3-7,14-15H,1,8-11H2,2H3,(H,19,21)(H,20,22)/t14-,15+/m1/s1. The van der Waals surface area contributed by atoms with Crippen LogP contribution in [0.25, 0.3) is 0 Å². The van der Waals surface area contributed by atoms with Gasteiger partial charge in [-0.3, -0.25) is 14.4 Å². The Bertz CT molecular complexity index is 624. The van der Waals surface area contributed by atoms with Crippen molar-refractivity contribution in [3.05, 3.63) is 48.0 Å². The van der Waals surface area contributed by atoms with Gasteiger partial charge in [0.2, 0.25) is 5.91 Å². The third-order valence-corrected chi connectivity index (χ3v) is 4.17. The molecule has 24 heavy (non-hydrogen) atoms. The second-order valence-corrected chi connectivity index (χ2v) is 5.82. The molecule has 128 valence electrons. The number of amides is 2. The summed E-state index contributed by atoms with van der Waals surface area (Å²) in [6.45, 7) is 3.77. The predicted octanol–water partition coefficient (Wildman–Crippen LogP) is 1.56. The van der Waals surface area contributed by atoms with E-state index in [0.717, 1.165) is 18.4 Å². The molecule has 1 saturated carbocycles. The molecular weight excluding hydrogens is 308 g/mol. The lowest BCUT2D eigenvalue weighted by atomic mass is 10.1. The van der Waals surface area contributed by atoms with Gasteiger partial charge in [-0.1, -0.05) is 18.7 Å². The molecule has 0 spiro atoms. The Kier molecular flexibility index (Phi) is 6.12. The smallest absolute Gasteiger partial charge is 0.308 e. The molecule has 2 amide bonds. The summed E-state index contributed by atoms with van der Waals surface area (Å²) in [6.07, 6.45) is 3.34. The second-order valence-electron chi connectivity index (χ2n) is 5.82. The molecule has 1 fully saturated rings. The normalized spacial score (nSPS) is 19.4. The van der Waals surface area contributed by atoms with E-state index in [1.807, 2.05) is 0 Å². The monoisotopic (exact) mass is 330 g/mol. The van der Waals surface area contributed by atoms with Gasteiger partial charge in [-0.15, -0.1) is 0 Å². The molecule has 0 saturated heterocycles. The van der Waals surface area contributed by atoms with Crippen molar-refractivity contribution in [2.75, 3.05) is 7.11 Å². The number of esters is 1. The topological polar surface area (TPSA) is 84.5 Å². The molecule has 1 aliphatic carbocycles. The highest BCUT2D eigenvalue weighted by Gasteiger charge is 2.31. The Labute approximate surface area is 141 Å². The maximum atomic E-state index is 12.3. The number of hydrogen-bond donors (Lipinski definition) is 2. The average Bonchev–Trinajstić information content (AvgIpc) is 3.07. The van der Waals surface area contributed by atoms with E-state index in [1.165, 1.54) is 13.2 Å². The Morgan fingerprint density at radius 1 is 1.25 bits per heavy atom. The van der Waals surface area contributed by atoms with Crippen LogP contribution in [0.3, 0.4) is 0 Å². The van der Waals surface area contributed by atoms with Gasteiger partial charge in [0.1, 0.15) is 0 Å². The number of carbonyl (C=O) groups is 3. The first-order valence-corrected chi connectivity index (χ1v) is 7.91. The van der Waals surface area contributed by atoms with Gasteiger partial charge in [0.05, 0.1) is 13.0 Å². The zero-order valence-electron chi connectivity index (χ0n) is 13.7. The number of ether oxygens (including phenoxy) is 1. The summed E-state index contributed by atoms with van der Waals surface area (Å²) < 4.78 is 4.75. The predicted molar refractivity (Wildman–Crippen MR) is 89.1 cm³/mol. The van der Waals surface area contributed by atoms with Gasteiger partial charge in [0, 0.05) is 18.2 Å². The van der Waals surface area contributed by atoms with Crippen molar-refractivity contribution >= 4 is 17.8 Å². The SMILES string of the molecule is C=CC(=O)NCc1ccc(C(=O)N[C@H]2CC[C@@H](C(=O)OC)C2)cc1. The maximum Gasteiger partial charge on any atom is 0.308 e. The van der Waals surface area contributed by atoms with Crippen LogP contribution in [0.5, 0.6) is 0 Å². The van der Waals surface area contributed by atoms with E-state index in [4.69, 9.17) is 4.74 Å². The first-order chi connectivity index (χ1) is 11.5. The number of methoxy groups -OCH3 is 1. The fourth-order valence-corrected chi connectivity index (χ4v) is 2.80. The van der Waals surface area contributed by atoms with E-state index in [-0.39, 0.29) is 29.7 Å². The minimum atomic E-state index is -0.238. The van der Waals surface area contributed by atoms with Crippen LogP contribution in [0.2, 0.25) is 0 Å². The van der Waals surface area contributed by atoms with Crippen molar-refractivity contribution in [3.63, 3.8) is 0 Å². The Morgan fingerprint density at radius 3 is 2.58 bits per heavy atom. The van der Waals surface area contributed by atoms with E-state index >= 15 is 0 Å². The van der Waals surface area contributed by atoms with E-state index in [2.05, 4.69) is 17.2 Å². The quantitative estimate of drug-likeness (QED) is 0.612. The summed E-state index contributed by atoms with van der Waals surface area (Å²) in [5.41, 5.74) is 1.45. The minimum absolute atomic E-state index is 0.00634. The van der Waals surface area contributed by atoms with Gasteiger partial charge in [-0.2, -0.15) is 0 Å². The van der Waals surface area contributed by atoms with Crippen LogP contribution in [-0.2, 0) is 20.9 Å². The first kappa shape index (κ1) is 17.7. The zero-order valence-corrected chi connectivity index (χ0v) is 13.7. The molecule has 6 heteroatoms. The highest BCUT2D eigenvalue weighted by atomic mass is 16.5. The molecule has 2 atom stereocenters. The van der Waals surface area contributed by atoms with E-state index in [9.17, 15) is 14.4 Å². The van der Waals surface area contributed by atoms with E-state index in [0.29, 0.717) is 18.5 Å². The minimum Gasteiger partial charge on any atom is -0.469 e. The molecule has 2 rings (SSSR count). The van der Waals surface area contributed by atoms with Crippen LogP contribution in [0, 0.1) is 5.92 Å². The van der Waals surface area contributed by atoms with Crippen molar-refractivity contribution in [1.29, 1.82) is 0 Å². The highest BCUT2D eigenvalue weighted by molar-refractivity contribution is 5.94. The zero-order chi connectivity index (χ0) is 17.5. The molecular formula is C18H22N2O4. The lowest BCUT2D eigenvalue weighted by molar-refractivity contribution is -0.145. The molecule has 0 radical (unpaired) electrons. The summed E-state index contributed by atoms with van der Waals surface area (Å²) in [5, 5.41) is 5.63. The number of nitrogens with one attached hydrogen (secondary N) is 2. The summed E-state index contributed by atoms with van der Waals surface area (Å²) in [4.78, 5) is 34.9. The van der Waals surface area contributed by atoms with Crippen LogP contribution in [0.15, 0.2) is 36.9 Å². The fraction of sp³-hybridized carbons (Fsp3) is 0.389. The third-order valence-electron chi connectivity index (χ3n) is 4.17. The average molecular weight is 330 g/mol. The molecule has 1 aliphatic rings. The summed E-state index contributed by atoms with van der Waals surface area (Å²) in [6, 6.07) is 7.02. The van der Waals surface area contributed by atoms with E-state index < -0.39 is 0 Å². The number of hydrogen-bond acceptors (Lipinski definition) is 4.